The van der Waals surface area contributed by atoms with Crippen LogP contribution >= 0.6 is 0 Å². The van der Waals surface area contributed by atoms with Crippen LogP contribution < -0.4 is 21.3 Å². The van der Waals surface area contributed by atoms with E-state index in [0.717, 1.165) is 0 Å². The highest BCUT2D eigenvalue weighted by Gasteiger charge is 2.25. The van der Waals surface area contributed by atoms with Crippen molar-refractivity contribution in [2.75, 3.05) is 14.2 Å². The number of aromatic carboxylic acids is 1. The highest BCUT2D eigenvalue weighted by molar-refractivity contribution is 7.86. The van der Waals surface area contributed by atoms with Crippen molar-refractivity contribution in [3.05, 3.63) is 102 Å². The van der Waals surface area contributed by atoms with Crippen LogP contribution in [0.5, 0.6) is 17.2 Å². The molecule has 0 radical (unpaired) electrons. The Morgan fingerprint density at radius 2 is 1.36 bits per heavy atom. The Kier molecular flexibility index (Phi) is 10.3. The number of phenols is 1. The number of carboxylic acids is 1. The Balaban J connectivity index is 1.55. The SMILES string of the molecule is COc1cc(N=Nc2c(S(=O)(=O)ON)cc3ccc(N=C4C=CC(=C(O)ON)C=C4)cc3c2O)c(OC)cc1N=Nc1ccc(C(=O)O)cc1. The van der Waals surface area contributed by atoms with Crippen molar-refractivity contribution in [3.8, 4) is 17.2 Å². The van der Waals surface area contributed by atoms with Crippen LogP contribution in [0.2, 0.25) is 0 Å². The molecule has 17 nitrogen and oxygen atoms in total. The van der Waals surface area contributed by atoms with E-state index in [-0.39, 0.29) is 39.2 Å². The van der Waals surface area contributed by atoms with Crippen LogP contribution in [-0.4, -0.2) is 49.6 Å². The summed E-state index contributed by atoms with van der Waals surface area (Å²) in [6, 6.07) is 14.4. The number of aliphatic imine (C=N–C) groups is 1. The summed E-state index contributed by atoms with van der Waals surface area (Å²) in [4.78, 5) is 19.4. The van der Waals surface area contributed by atoms with Gasteiger partial charge in [-0.2, -0.15) is 29.6 Å². The van der Waals surface area contributed by atoms with Crippen LogP contribution in [0.15, 0.2) is 127 Å². The number of allylic oxidation sites excluding steroid dienone is 5. The van der Waals surface area contributed by atoms with E-state index < -0.39 is 38.4 Å². The fraction of sp³-hybridized carbons (Fsp3) is 0.0625. The van der Waals surface area contributed by atoms with Crippen molar-refractivity contribution < 1.29 is 47.1 Å². The van der Waals surface area contributed by atoms with Crippen molar-refractivity contribution >= 4 is 61.0 Å². The van der Waals surface area contributed by atoms with Gasteiger partial charge in [0.25, 0.3) is 0 Å². The highest BCUT2D eigenvalue weighted by atomic mass is 32.2. The summed E-state index contributed by atoms with van der Waals surface area (Å²) in [5, 5.41) is 47.0. The van der Waals surface area contributed by atoms with Gasteiger partial charge in [-0.3, -0.25) is 0 Å². The summed E-state index contributed by atoms with van der Waals surface area (Å²) in [6.07, 6.45) is 6.25. The Morgan fingerprint density at radius 3 is 1.92 bits per heavy atom. The largest absolute Gasteiger partial charge is 0.505 e. The molecule has 0 saturated carbocycles. The number of rotatable bonds is 11. The Labute approximate surface area is 283 Å². The first kappa shape index (κ1) is 34.9. The lowest BCUT2D eigenvalue weighted by Crippen LogP contribution is -2.11. The highest BCUT2D eigenvalue weighted by Crippen LogP contribution is 2.45. The molecule has 0 aliphatic heterocycles. The number of aromatic hydroxyl groups is 1. The molecule has 0 saturated heterocycles. The van der Waals surface area contributed by atoms with E-state index in [1.165, 1.54) is 81.0 Å². The first-order valence-corrected chi connectivity index (χ1v) is 15.5. The summed E-state index contributed by atoms with van der Waals surface area (Å²) in [6.45, 7) is 0. The standard InChI is InChI=1S/C32H27N7O10S/c1-46-26-16-25(27(47-2)15-24(26)37-36-21-10-3-17(4-11-21)31(41)42)38-39-29-28(50(44,45)49-34)13-19-7-12-22(14-23(19)30(29)40)35-20-8-5-18(6-9-20)32(43)48-33/h3-16,40,43H,33-34H2,1-2H3,(H,41,42). The van der Waals surface area contributed by atoms with Gasteiger partial charge in [-0.25, -0.2) is 9.79 Å². The lowest BCUT2D eigenvalue weighted by Gasteiger charge is -2.12. The predicted octanol–water partition coefficient (Wildman–Crippen LogP) is 6.53. The smallest absolute Gasteiger partial charge is 0.335 e. The van der Waals surface area contributed by atoms with Gasteiger partial charge < -0.3 is 29.6 Å². The van der Waals surface area contributed by atoms with Crippen LogP contribution in [0, 0.1) is 0 Å². The third kappa shape index (κ3) is 7.48. The molecule has 7 N–H and O–H groups in total. The Bertz CT molecular complexity index is 2260. The number of aliphatic hydroxyl groups excluding tert-OH is 1. The van der Waals surface area contributed by atoms with E-state index in [4.69, 9.17) is 26.4 Å². The molecule has 1 aliphatic carbocycles. The van der Waals surface area contributed by atoms with Crippen LogP contribution in [0.3, 0.4) is 0 Å². The van der Waals surface area contributed by atoms with E-state index in [2.05, 4.69) is 34.6 Å². The molecule has 50 heavy (non-hydrogen) atoms. The van der Waals surface area contributed by atoms with Crippen molar-refractivity contribution in [2.24, 2.45) is 37.2 Å². The van der Waals surface area contributed by atoms with Gasteiger partial charge in [-0.05, 0) is 72.2 Å². The van der Waals surface area contributed by atoms with Gasteiger partial charge in [0, 0.05) is 17.5 Å². The topological polar surface area (TPSA) is 263 Å². The summed E-state index contributed by atoms with van der Waals surface area (Å²) in [7, 11) is -1.89. The summed E-state index contributed by atoms with van der Waals surface area (Å²) in [5.41, 5.74) is 1.42. The second-order valence-electron chi connectivity index (χ2n) is 10.1. The number of carbonyl (C=O) groups is 1. The third-order valence-electron chi connectivity index (χ3n) is 7.04. The number of phenolic OH excluding ortho intramolecular Hbond substituents is 1. The van der Waals surface area contributed by atoms with Gasteiger partial charge in [0.2, 0.25) is 0 Å². The monoisotopic (exact) mass is 701 g/mol. The fourth-order valence-corrected chi connectivity index (χ4v) is 5.29. The molecule has 0 atom stereocenters. The Morgan fingerprint density at radius 1 is 0.760 bits per heavy atom. The first-order chi connectivity index (χ1) is 24.0. The third-order valence-corrected chi connectivity index (χ3v) is 8.15. The lowest BCUT2D eigenvalue weighted by molar-refractivity contribution is 0.0696. The maximum absolute atomic E-state index is 12.8. The zero-order valence-corrected chi connectivity index (χ0v) is 26.9. The number of carboxylic acid groups (broad SMARTS) is 1. The van der Waals surface area contributed by atoms with Crippen LogP contribution in [0.4, 0.5) is 28.4 Å². The van der Waals surface area contributed by atoms with Gasteiger partial charge in [0.15, 0.2) is 5.75 Å². The van der Waals surface area contributed by atoms with Crippen molar-refractivity contribution in [3.63, 3.8) is 0 Å². The lowest BCUT2D eigenvalue weighted by atomic mass is 10.1. The molecule has 0 aromatic heterocycles. The van der Waals surface area contributed by atoms with Crippen molar-refractivity contribution in [1.29, 1.82) is 0 Å². The second-order valence-corrected chi connectivity index (χ2v) is 11.6. The maximum atomic E-state index is 12.8. The van der Waals surface area contributed by atoms with Crippen LogP contribution in [-0.2, 0) is 19.2 Å². The zero-order valence-electron chi connectivity index (χ0n) is 26.1. The van der Waals surface area contributed by atoms with E-state index in [9.17, 15) is 23.4 Å². The average molecular weight is 702 g/mol. The molecule has 0 bridgehead atoms. The minimum atomic E-state index is -4.61. The molecule has 0 amide bonds. The molecule has 0 heterocycles. The molecule has 0 spiro atoms. The molecule has 0 unspecified atom stereocenters. The van der Waals surface area contributed by atoms with Gasteiger partial charge in [0.1, 0.15) is 33.5 Å². The fourth-order valence-electron chi connectivity index (χ4n) is 4.54. The molecule has 18 heteroatoms. The van der Waals surface area contributed by atoms with E-state index >= 15 is 0 Å². The molecular weight excluding hydrogens is 674 g/mol. The molecule has 4 aromatic carbocycles. The summed E-state index contributed by atoms with van der Waals surface area (Å²) >= 11 is 0. The van der Waals surface area contributed by atoms with Crippen LogP contribution in [0.25, 0.3) is 10.8 Å². The quantitative estimate of drug-likeness (QED) is 0.0635. The number of nitrogens with two attached hydrogens (primary N) is 2. The van der Waals surface area contributed by atoms with Gasteiger partial charge >= 0.3 is 22.0 Å². The first-order valence-electron chi connectivity index (χ1n) is 14.1. The zero-order chi connectivity index (χ0) is 36.0. The molecule has 0 fully saturated rings. The summed E-state index contributed by atoms with van der Waals surface area (Å²) < 4.78 is 40.8. The number of benzene rings is 4. The number of hydrogen-bond acceptors (Lipinski definition) is 16. The minimum Gasteiger partial charge on any atom is -0.505 e. The van der Waals surface area contributed by atoms with E-state index in [0.29, 0.717) is 22.7 Å². The number of nitrogens with zero attached hydrogens (tertiary/aromatic N) is 5. The van der Waals surface area contributed by atoms with Gasteiger partial charge in [-0.15, -0.1) is 15.3 Å². The number of fused-ring (bicyclic) bond motifs is 1. The van der Waals surface area contributed by atoms with Crippen LogP contribution in [0.1, 0.15) is 10.4 Å². The normalized spacial score (nSPS) is 13.0. The van der Waals surface area contributed by atoms with E-state index in [1.807, 2.05) is 0 Å². The van der Waals surface area contributed by atoms with Gasteiger partial charge in [0.05, 0.1) is 42.4 Å². The molecule has 256 valence electrons. The number of azo groups is 2. The van der Waals surface area contributed by atoms with E-state index in [1.54, 1.807) is 18.2 Å². The molecule has 5 rings (SSSR count). The van der Waals surface area contributed by atoms with Gasteiger partial charge in [-0.1, -0.05) is 6.07 Å². The van der Waals surface area contributed by atoms with Crippen molar-refractivity contribution in [1.82, 2.24) is 0 Å². The number of hydrogen-bond donors (Lipinski definition) is 5. The number of ether oxygens (including phenoxy) is 2. The predicted molar refractivity (Wildman–Crippen MR) is 180 cm³/mol. The minimum absolute atomic E-state index is 0.0566. The molecule has 1 aliphatic rings. The number of methoxy groups -OCH3 is 2. The number of aliphatic hydroxyl groups is 1. The maximum Gasteiger partial charge on any atom is 0.335 e. The average Bonchev–Trinajstić information content (AvgIpc) is 3.13. The molecule has 4 aromatic rings. The molecular formula is C32H27N7O10S. The second kappa shape index (κ2) is 14.7. The summed E-state index contributed by atoms with van der Waals surface area (Å²) in [5.74, 6) is 8.24. The Hall–Kier alpha value is -6.47. The van der Waals surface area contributed by atoms with Crippen molar-refractivity contribution in [2.45, 2.75) is 4.90 Å².